The molecular formula is C15H21NO3Si. The Kier molecular flexibility index (Phi) is 5.82. The van der Waals surface area contributed by atoms with E-state index >= 15 is 0 Å². The van der Waals surface area contributed by atoms with E-state index < -0.39 is 8.07 Å². The number of benzene rings is 1. The highest BCUT2D eigenvalue weighted by atomic mass is 28.3. The molecule has 0 fully saturated rings. The van der Waals surface area contributed by atoms with Gasteiger partial charge >= 0.3 is 0 Å². The Morgan fingerprint density at radius 3 is 2.40 bits per heavy atom. The predicted octanol–water partition coefficient (Wildman–Crippen LogP) is 3.44. The molecule has 0 aliphatic rings. The van der Waals surface area contributed by atoms with Crippen LogP contribution in [0.2, 0.25) is 19.6 Å². The van der Waals surface area contributed by atoms with Gasteiger partial charge in [0.05, 0.1) is 5.92 Å². The molecule has 0 heterocycles. The minimum atomic E-state index is -1.80. The lowest BCUT2D eigenvalue weighted by Crippen LogP contribution is -2.31. The van der Waals surface area contributed by atoms with Crippen LogP contribution in [0.15, 0.2) is 42.5 Å². The molecule has 0 aliphatic carbocycles. The zero-order valence-electron chi connectivity index (χ0n) is 12.2. The van der Waals surface area contributed by atoms with Gasteiger partial charge in [-0.15, -0.1) is 0 Å². The molecule has 5 heteroatoms. The van der Waals surface area contributed by atoms with E-state index in [4.69, 9.17) is 0 Å². The lowest BCUT2D eigenvalue weighted by atomic mass is 9.96. The van der Waals surface area contributed by atoms with Crippen LogP contribution in [0.5, 0.6) is 0 Å². The minimum Gasteiger partial charge on any atom is -0.301 e. The van der Waals surface area contributed by atoms with Gasteiger partial charge in [-0.25, -0.2) is 0 Å². The maximum absolute atomic E-state index is 11.8. The van der Waals surface area contributed by atoms with Crippen molar-refractivity contribution in [2.24, 2.45) is 0 Å². The van der Waals surface area contributed by atoms with Gasteiger partial charge < -0.3 is 4.79 Å². The highest BCUT2D eigenvalue weighted by Crippen LogP contribution is 2.20. The van der Waals surface area contributed by atoms with E-state index in [0.717, 1.165) is 5.56 Å². The van der Waals surface area contributed by atoms with Crippen molar-refractivity contribution in [3.05, 3.63) is 58.2 Å². The average molecular weight is 291 g/mol. The van der Waals surface area contributed by atoms with E-state index in [2.05, 4.69) is 0 Å². The third kappa shape index (κ3) is 5.48. The summed E-state index contributed by atoms with van der Waals surface area (Å²) in [5.74, 6) is -0.183. The lowest BCUT2D eigenvalue weighted by molar-refractivity contribution is -0.483. The molecule has 1 atom stereocenters. The maximum Gasteiger partial charge on any atom is 0.210 e. The highest BCUT2D eigenvalue weighted by Gasteiger charge is 2.21. The monoisotopic (exact) mass is 291 g/mol. The second-order valence-corrected chi connectivity index (χ2v) is 10.9. The van der Waals surface area contributed by atoms with Gasteiger partial charge in [0.25, 0.3) is 0 Å². The molecule has 0 saturated carbocycles. The standard InChI is InChI=1S/C15H21NO3Si/c1-20(2,3)15(17)11-7-10-14(12-16(18)19)13-8-5-4-6-9-13/h4-9,11,14H,10,12H2,1-3H3/b11-7+. The van der Waals surface area contributed by atoms with E-state index in [1.165, 1.54) is 0 Å². The highest BCUT2D eigenvalue weighted by molar-refractivity contribution is 7.04. The Hall–Kier alpha value is -1.75. The predicted molar refractivity (Wildman–Crippen MR) is 83.2 cm³/mol. The van der Waals surface area contributed by atoms with E-state index in [1.807, 2.05) is 50.0 Å². The van der Waals surface area contributed by atoms with Crippen molar-refractivity contribution in [1.82, 2.24) is 0 Å². The average Bonchev–Trinajstić information content (AvgIpc) is 2.37. The fraction of sp³-hybridized carbons (Fsp3) is 0.400. The molecule has 4 nitrogen and oxygen atoms in total. The molecule has 20 heavy (non-hydrogen) atoms. The Labute approximate surface area is 120 Å². The Bertz CT molecular complexity index is 492. The number of hydrogen-bond donors (Lipinski definition) is 0. The molecule has 0 N–H and O–H groups in total. The van der Waals surface area contributed by atoms with Crippen molar-refractivity contribution in [2.75, 3.05) is 6.54 Å². The summed E-state index contributed by atoms with van der Waals surface area (Å²) in [6, 6.07) is 9.42. The van der Waals surface area contributed by atoms with Crippen molar-refractivity contribution in [2.45, 2.75) is 32.0 Å². The zero-order valence-corrected chi connectivity index (χ0v) is 13.2. The molecule has 1 aromatic carbocycles. The van der Waals surface area contributed by atoms with Crippen LogP contribution in [0.1, 0.15) is 17.9 Å². The minimum absolute atomic E-state index is 0.116. The van der Waals surface area contributed by atoms with Crippen LogP contribution in [0.4, 0.5) is 0 Å². The summed E-state index contributed by atoms with van der Waals surface area (Å²) in [6.07, 6.45) is 3.89. The molecule has 0 amide bonds. The molecule has 0 saturated heterocycles. The Morgan fingerprint density at radius 2 is 1.90 bits per heavy atom. The zero-order chi connectivity index (χ0) is 15.2. The second kappa shape index (κ2) is 7.14. The van der Waals surface area contributed by atoms with E-state index in [1.54, 1.807) is 12.2 Å². The first-order valence-corrected chi connectivity index (χ1v) is 10.2. The molecule has 0 radical (unpaired) electrons. The summed E-state index contributed by atoms with van der Waals surface area (Å²) in [4.78, 5) is 22.3. The number of carbonyl (C=O) groups is 1. The Balaban J connectivity index is 2.75. The van der Waals surface area contributed by atoms with Gasteiger partial charge in [-0.3, -0.25) is 10.1 Å². The number of nitrogens with zero attached hydrogens (tertiary/aromatic N) is 1. The summed E-state index contributed by atoms with van der Waals surface area (Å²) in [7, 11) is -1.80. The number of rotatable bonds is 7. The van der Waals surface area contributed by atoms with Crippen LogP contribution in [0.3, 0.4) is 0 Å². The Morgan fingerprint density at radius 1 is 1.30 bits per heavy atom. The molecule has 0 bridgehead atoms. The van der Waals surface area contributed by atoms with Gasteiger partial charge in [0.1, 0.15) is 13.5 Å². The van der Waals surface area contributed by atoms with Gasteiger partial charge in [0.2, 0.25) is 6.54 Å². The number of allylic oxidation sites excluding steroid dienone is 2. The molecule has 0 aromatic heterocycles. The van der Waals surface area contributed by atoms with Crippen molar-refractivity contribution in [1.29, 1.82) is 0 Å². The van der Waals surface area contributed by atoms with Gasteiger partial charge in [-0.1, -0.05) is 56.0 Å². The quantitative estimate of drug-likeness (QED) is 0.334. The first-order chi connectivity index (χ1) is 9.30. The third-order valence-corrected chi connectivity index (χ3v) is 4.71. The van der Waals surface area contributed by atoms with Crippen molar-refractivity contribution >= 4 is 13.5 Å². The largest absolute Gasteiger partial charge is 0.301 e. The SMILES string of the molecule is C[Si](C)(C)C(=O)/C=C/CC(C[N+](=O)[O-])c1ccccc1. The smallest absolute Gasteiger partial charge is 0.210 e. The van der Waals surface area contributed by atoms with Crippen LogP contribution >= 0.6 is 0 Å². The molecular weight excluding hydrogens is 270 g/mol. The van der Waals surface area contributed by atoms with E-state index in [-0.39, 0.29) is 22.8 Å². The van der Waals surface area contributed by atoms with Gasteiger partial charge in [0, 0.05) is 4.92 Å². The van der Waals surface area contributed by atoms with E-state index in [0.29, 0.717) is 6.42 Å². The van der Waals surface area contributed by atoms with Gasteiger partial charge in [-0.2, -0.15) is 0 Å². The van der Waals surface area contributed by atoms with Crippen LogP contribution in [0, 0.1) is 10.1 Å². The lowest BCUT2D eigenvalue weighted by Gasteiger charge is -2.12. The topological polar surface area (TPSA) is 60.2 Å². The summed E-state index contributed by atoms with van der Waals surface area (Å²) in [5.41, 5.74) is 0.939. The van der Waals surface area contributed by atoms with Crippen molar-refractivity contribution < 1.29 is 9.72 Å². The van der Waals surface area contributed by atoms with Crippen LogP contribution < -0.4 is 0 Å². The number of nitro groups is 1. The first-order valence-electron chi connectivity index (χ1n) is 6.68. The van der Waals surface area contributed by atoms with Crippen molar-refractivity contribution in [3.8, 4) is 0 Å². The van der Waals surface area contributed by atoms with Crippen LogP contribution in [0.25, 0.3) is 0 Å². The maximum atomic E-state index is 11.8. The van der Waals surface area contributed by atoms with E-state index in [9.17, 15) is 14.9 Å². The fourth-order valence-electron chi connectivity index (χ4n) is 1.81. The molecule has 1 aromatic rings. The van der Waals surface area contributed by atoms with Crippen LogP contribution in [-0.2, 0) is 4.79 Å². The molecule has 1 unspecified atom stereocenters. The van der Waals surface area contributed by atoms with Gasteiger partial charge in [-0.05, 0) is 18.1 Å². The van der Waals surface area contributed by atoms with Gasteiger partial charge in [0.15, 0.2) is 0 Å². The fourth-order valence-corrected chi connectivity index (χ4v) is 2.43. The summed E-state index contributed by atoms with van der Waals surface area (Å²) in [6.45, 7) is 5.86. The summed E-state index contributed by atoms with van der Waals surface area (Å²) in [5, 5.41) is 10.9. The molecule has 108 valence electrons. The normalized spacial score (nSPS) is 13.3. The van der Waals surface area contributed by atoms with Crippen LogP contribution in [-0.4, -0.2) is 24.9 Å². The molecule has 1 rings (SSSR count). The first kappa shape index (κ1) is 16.3. The summed E-state index contributed by atoms with van der Waals surface area (Å²) >= 11 is 0. The number of hydrogen-bond acceptors (Lipinski definition) is 3. The third-order valence-electron chi connectivity index (χ3n) is 3.07. The molecule has 0 aliphatic heterocycles. The number of carbonyl (C=O) groups excluding carboxylic acids is 1. The molecule has 0 spiro atoms. The second-order valence-electron chi connectivity index (χ2n) is 5.88. The van der Waals surface area contributed by atoms with Crippen molar-refractivity contribution in [3.63, 3.8) is 0 Å². The summed E-state index contributed by atoms with van der Waals surface area (Å²) < 4.78 is 0.